The summed E-state index contributed by atoms with van der Waals surface area (Å²) >= 11 is 6.40. The first kappa shape index (κ1) is 13.6. The molecule has 18 heavy (non-hydrogen) atoms. The van der Waals surface area contributed by atoms with Crippen LogP contribution in [0.2, 0.25) is 0 Å². The van der Waals surface area contributed by atoms with Gasteiger partial charge < -0.3 is 4.74 Å². The van der Waals surface area contributed by atoms with Gasteiger partial charge in [-0.1, -0.05) is 25.1 Å². The number of benzene rings is 1. The zero-order valence-corrected chi connectivity index (χ0v) is 12.1. The van der Waals surface area contributed by atoms with Crippen LogP contribution in [0, 0.1) is 6.92 Å². The van der Waals surface area contributed by atoms with Gasteiger partial charge in [-0.05, 0) is 31.9 Å². The predicted molar refractivity (Wildman–Crippen MR) is 77.6 cm³/mol. The van der Waals surface area contributed by atoms with Gasteiger partial charge in [0.05, 0.1) is 0 Å². The third kappa shape index (κ3) is 2.09. The maximum atomic E-state index is 6.40. The van der Waals surface area contributed by atoms with Crippen LogP contribution in [0.5, 0.6) is 0 Å². The molecule has 1 unspecified atom stereocenters. The van der Waals surface area contributed by atoms with Crippen LogP contribution < -0.4 is 4.48 Å². The first-order chi connectivity index (χ1) is 8.65. The molecule has 98 valence electrons. The van der Waals surface area contributed by atoms with Gasteiger partial charge in [0.1, 0.15) is 12.2 Å². The number of nitrogens with zero attached hydrogens (tertiary/aromatic N) is 1. The number of para-hydroxylation sites is 1. The van der Waals surface area contributed by atoms with Gasteiger partial charge in [0, 0.05) is 23.8 Å². The Hall–Kier alpha value is -0.830. The van der Waals surface area contributed by atoms with E-state index >= 15 is 0 Å². The van der Waals surface area contributed by atoms with Crippen molar-refractivity contribution in [3.63, 3.8) is 0 Å². The van der Waals surface area contributed by atoms with Gasteiger partial charge in [-0.3, -0.25) is 0 Å². The number of ether oxygens (including phenoxy) is 1. The van der Waals surface area contributed by atoms with Crippen molar-refractivity contribution in [2.75, 3.05) is 19.9 Å². The monoisotopic (exact) mass is 266 g/mol. The van der Waals surface area contributed by atoms with E-state index in [1.54, 1.807) is 0 Å². The number of hydrogen-bond acceptors (Lipinski definition) is 1. The van der Waals surface area contributed by atoms with E-state index in [0.717, 1.165) is 24.7 Å². The van der Waals surface area contributed by atoms with Crippen molar-refractivity contribution in [3.8, 4) is 0 Å². The normalized spacial score (nSPS) is 22.6. The molecule has 1 atom stereocenters. The van der Waals surface area contributed by atoms with E-state index in [1.165, 1.54) is 16.8 Å². The molecule has 0 saturated heterocycles. The molecule has 0 aliphatic carbocycles. The second-order valence-electron chi connectivity index (χ2n) is 4.74. The molecule has 1 aromatic rings. The fourth-order valence-electron chi connectivity index (χ4n) is 2.62. The highest BCUT2D eigenvalue weighted by atomic mass is 35.5. The smallest absolute Gasteiger partial charge is 0.210 e. The Morgan fingerprint density at radius 2 is 2.11 bits per heavy atom. The van der Waals surface area contributed by atoms with Gasteiger partial charge in [-0.25, -0.2) is 4.48 Å². The summed E-state index contributed by atoms with van der Waals surface area (Å²) in [6.45, 7) is 8.64. The van der Waals surface area contributed by atoms with E-state index in [4.69, 9.17) is 16.3 Å². The van der Waals surface area contributed by atoms with Crippen LogP contribution in [0.4, 0.5) is 5.69 Å². The number of rotatable bonds is 5. The van der Waals surface area contributed by atoms with E-state index in [-0.39, 0.29) is 0 Å². The van der Waals surface area contributed by atoms with Crippen molar-refractivity contribution in [2.45, 2.75) is 27.2 Å². The summed E-state index contributed by atoms with van der Waals surface area (Å²) in [5.41, 5.74) is 3.97. The highest BCUT2D eigenvalue weighted by Crippen LogP contribution is 2.41. The van der Waals surface area contributed by atoms with Gasteiger partial charge in [0.25, 0.3) is 0 Å². The van der Waals surface area contributed by atoms with Crippen molar-refractivity contribution >= 4 is 17.3 Å². The fourth-order valence-corrected chi connectivity index (χ4v) is 2.89. The van der Waals surface area contributed by atoms with E-state index in [0.29, 0.717) is 11.2 Å². The molecule has 0 saturated carbocycles. The number of hydrogen-bond donors (Lipinski definition) is 0. The molecule has 0 amide bonds. The standard InChI is InChI=1S/C15H21ClNO/c1-4-13-8-6-7-12(3)15(13)17(11-18-5-2)10-9-14(17)16/h6-9H,4-5,10-11H2,1-3H3/q+1. The molecule has 0 aromatic heterocycles. The Morgan fingerprint density at radius 3 is 2.61 bits per heavy atom. The second kappa shape index (κ2) is 5.43. The summed E-state index contributed by atoms with van der Waals surface area (Å²) in [7, 11) is 0. The maximum Gasteiger partial charge on any atom is 0.210 e. The van der Waals surface area contributed by atoms with Crippen molar-refractivity contribution < 1.29 is 4.74 Å². The first-order valence-electron chi connectivity index (χ1n) is 6.55. The van der Waals surface area contributed by atoms with Gasteiger partial charge in [0.15, 0.2) is 6.73 Å². The molecular weight excluding hydrogens is 246 g/mol. The summed E-state index contributed by atoms with van der Waals surface area (Å²) in [5.74, 6) is 0. The predicted octanol–water partition coefficient (Wildman–Crippen LogP) is 3.95. The van der Waals surface area contributed by atoms with E-state index in [9.17, 15) is 0 Å². The fraction of sp³-hybridized carbons (Fsp3) is 0.467. The molecule has 2 nitrogen and oxygen atoms in total. The molecular formula is C15H21ClNO+. The molecule has 2 rings (SSSR count). The quantitative estimate of drug-likeness (QED) is 0.579. The van der Waals surface area contributed by atoms with Crippen LogP contribution in [-0.4, -0.2) is 19.9 Å². The zero-order valence-electron chi connectivity index (χ0n) is 11.4. The van der Waals surface area contributed by atoms with Gasteiger partial charge in [0.2, 0.25) is 5.16 Å². The number of aryl methyl sites for hydroxylation is 2. The Kier molecular flexibility index (Phi) is 4.10. The number of quaternary nitrogens is 1. The molecule has 3 heteroatoms. The SMILES string of the molecule is CCOC[N+]1(c2c(C)cccc2CC)CC=C1Cl. The highest BCUT2D eigenvalue weighted by Gasteiger charge is 2.43. The van der Waals surface area contributed by atoms with Crippen LogP contribution >= 0.6 is 11.6 Å². The third-order valence-corrected chi connectivity index (χ3v) is 4.10. The van der Waals surface area contributed by atoms with Crippen LogP contribution in [0.25, 0.3) is 0 Å². The maximum absolute atomic E-state index is 6.40. The largest absolute Gasteiger partial charge is 0.331 e. The lowest BCUT2D eigenvalue weighted by atomic mass is 10.0. The van der Waals surface area contributed by atoms with Crippen LogP contribution in [-0.2, 0) is 11.2 Å². The minimum absolute atomic E-state index is 0.629. The Bertz CT molecular complexity index is 470. The molecule has 1 aromatic carbocycles. The van der Waals surface area contributed by atoms with Crippen LogP contribution in [0.3, 0.4) is 0 Å². The van der Waals surface area contributed by atoms with Crippen LogP contribution in [0.15, 0.2) is 29.4 Å². The average Bonchev–Trinajstić information content (AvgIpc) is 2.39. The van der Waals surface area contributed by atoms with Crippen molar-refractivity contribution in [1.82, 2.24) is 4.48 Å². The lowest BCUT2D eigenvalue weighted by molar-refractivity contribution is 0.0586. The molecule has 0 fully saturated rings. The summed E-state index contributed by atoms with van der Waals surface area (Å²) < 4.78 is 6.33. The molecule has 0 spiro atoms. The lowest BCUT2D eigenvalue weighted by Crippen LogP contribution is -2.55. The van der Waals surface area contributed by atoms with Crippen molar-refractivity contribution in [1.29, 1.82) is 0 Å². The molecule has 1 heterocycles. The molecule has 0 bridgehead atoms. The lowest BCUT2D eigenvalue weighted by Gasteiger charge is -2.42. The Labute approximate surface area is 114 Å². The van der Waals surface area contributed by atoms with E-state index in [1.807, 2.05) is 6.92 Å². The minimum atomic E-state index is 0.629. The second-order valence-corrected chi connectivity index (χ2v) is 5.12. The number of halogens is 1. The molecule has 0 radical (unpaired) electrons. The zero-order chi connectivity index (χ0) is 13.2. The summed E-state index contributed by atoms with van der Waals surface area (Å²) in [6, 6.07) is 6.46. The van der Waals surface area contributed by atoms with Gasteiger partial charge in [-0.2, -0.15) is 0 Å². The summed E-state index contributed by atoms with van der Waals surface area (Å²) in [4.78, 5) is 0. The highest BCUT2D eigenvalue weighted by molar-refractivity contribution is 6.31. The molecule has 1 aliphatic heterocycles. The Morgan fingerprint density at radius 1 is 1.33 bits per heavy atom. The van der Waals surface area contributed by atoms with Crippen molar-refractivity contribution in [2.24, 2.45) is 0 Å². The first-order valence-corrected chi connectivity index (χ1v) is 6.93. The molecule has 1 aliphatic rings. The molecule has 0 N–H and O–H groups in total. The van der Waals surface area contributed by atoms with Gasteiger partial charge >= 0.3 is 0 Å². The van der Waals surface area contributed by atoms with Crippen molar-refractivity contribution in [3.05, 3.63) is 40.6 Å². The Balaban J connectivity index is 2.47. The summed E-state index contributed by atoms with van der Waals surface area (Å²) in [5, 5.41) is 0.882. The minimum Gasteiger partial charge on any atom is -0.331 e. The summed E-state index contributed by atoms with van der Waals surface area (Å²) in [6.07, 6.45) is 3.10. The topological polar surface area (TPSA) is 9.23 Å². The van der Waals surface area contributed by atoms with E-state index < -0.39 is 0 Å². The van der Waals surface area contributed by atoms with E-state index in [2.05, 4.69) is 38.1 Å². The van der Waals surface area contributed by atoms with Gasteiger partial charge in [-0.15, -0.1) is 0 Å². The third-order valence-electron chi connectivity index (χ3n) is 3.63. The van der Waals surface area contributed by atoms with Crippen LogP contribution in [0.1, 0.15) is 25.0 Å². The average molecular weight is 267 g/mol.